The number of rotatable bonds is 7. The zero-order valence-corrected chi connectivity index (χ0v) is 15.1. The Balaban J connectivity index is 2.75. The Hall–Kier alpha value is -0.610. The second-order valence-corrected chi connectivity index (χ2v) is 8.00. The van der Waals surface area contributed by atoms with E-state index in [4.69, 9.17) is 4.74 Å². The van der Waals surface area contributed by atoms with Crippen LogP contribution in [0, 0.1) is 5.41 Å². The van der Waals surface area contributed by atoms with Crippen molar-refractivity contribution in [2.75, 3.05) is 14.2 Å². The van der Waals surface area contributed by atoms with Crippen LogP contribution < -0.4 is 5.32 Å². The quantitative estimate of drug-likeness (QED) is 0.734. The Bertz CT molecular complexity index is 360. The number of esters is 1. The van der Waals surface area contributed by atoms with E-state index in [0.29, 0.717) is 18.1 Å². The van der Waals surface area contributed by atoms with Crippen LogP contribution in [0.15, 0.2) is 0 Å². The summed E-state index contributed by atoms with van der Waals surface area (Å²) in [6.45, 7) is 13.2. The van der Waals surface area contributed by atoms with Gasteiger partial charge in [0.05, 0.1) is 7.11 Å². The summed E-state index contributed by atoms with van der Waals surface area (Å²) in [5.74, 6) is -0.155. The van der Waals surface area contributed by atoms with E-state index in [1.54, 1.807) is 0 Å². The van der Waals surface area contributed by atoms with Crippen molar-refractivity contribution in [2.24, 2.45) is 5.41 Å². The van der Waals surface area contributed by atoms with Crippen LogP contribution >= 0.6 is 0 Å². The summed E-state index contributed by atoms with van der Waals surface area (Å²) in [6.07, 6.45) is 3.08. The maximum atomic E-state index is 12.2. The van der Waals surface area contributed by atoms with Gasteiger partial charge in [-0.05, 0) is 52.5 Å². The number of hydrogen-bond acceptors (Lipinski definition) is 4. The Morgan fingerprint density at radius 2 is 1.81 bits per heavy atom. The lowest BCUT2D eigenvalue weighted by atomic mass is 9.85. The van der Waals surface area contributed by atoms with Gasteiger partial charge in [0.2, 0.25) is 0 Å². The molecule has 3 unspecified atom stereocenters. The normalized spacial score (nSPS) is 21.8. The first-order chi connectivity index (χ1) is 9.51. The summed E-state index contributed by atoms with van der Waals surface area (Å²) in [5.41, 5.74) is -0.379. The van der Waals surface area contributed by atoms with E-state index in [0.717, 1.165) is 19.3 Å². The second kappa shape index (κ2) is 6.66. The predicted octanol–water partition coefficient (Wildman–Crippen LogP) is 2.82. The van der Waals surface area contributed by atoms with Gasteiger partial charge in [0.15, 0.2) is 0 Å². The molecular formula is C17H34N2O2. The van der Waals surface area contributed by atoms with Crippen molar-refractivity contribution in [3.63, 3.8) is 0 Å². The number of nitrogens with one attached hydrogen (secondary N) is 1. The van der Waals surface area contributed by atoms with Gasteiger partial charge in [-0.3, -0.25) is 10.1 Å². The molecule has 1 saturated carbocycles. The molecule has 0 spiro atoms. The fourth-order valence-corrected chi connectivity index (χ4v) is 2.83. The summed E-state index contributed by atoms with van der Waals surface area (Å²) in [5, 5.41) is 3.48. The number of nitrogens with zero attached hydrogens (tertiary/aromatic N) is 1. The molecule has 1 aliphatic rings. The van der Waals surface area contributed by atoms with Crippen LogP contribution in [0.3, 0.4) is 0 Å². The van der Waals surface area contributed by atoms with Gasteiger partial charge in [-0.15, -0.1) is 0 Å². The highest BCUT2D eigenvalue weighted by molar-refractivity contribution is 5.80. The summed E-state index contributed by atoms with van der Waals surface area (Å²) < 4.78 is 5.03. The molecule has 4 nitrogen and oxygen atoms in total. The third-order valence-electron chi connectivity index (χ3n) is 5.00. The fourth-order valence-electron chi connectivity index (χ4n) is 2.83. The highest BCUT2D eigenvalue weighted by Crippen LogP contribution is 2.29. The van der Waals surface area contributed by atoms with Crippen molar-refractivity contribution in [3.05, 3.63) is 0 Å². The van der Waals surface area contributed by atoms with Crippen molar-refractivity contribution >= 4 is 5.97 Å². The zero-order chi connectivity index (χ0) is 16.4. The number of carbonyl (C=O) groups excluding carboxylic acids is 1. The topological polar surface area (TPSA) is 41.6 Å². The number of hydrogen-bond donors (Lipinski definition) is 1. The minimum absolute atomic E-state index is 0.155. The molecule has 1 fully saturated rings. The highest BCUT2D eigenvalue weighted by Gasteiger charge is 2.41. The average molecular weight is 298 g/mol. The van der Waals surface area contributed by atoms with Gasteiger partial charge in [-0.25, -0.2) is 0 Å². The second-order valence-electron chi connectivity index (χ2n) is 8.00. The Labute approximate surface area is 130 Å². The van der Waals surface area contributed by atoms with Crippen LogP contribution in [0.5, 0.6) is 0 Å². The third-order valence-corrected chi connectivity index (χ3v) is 5.00. The van der Waals surface area contributed by atoms with Gasteiger partial charge in [0.25, 0.3) is 0 Å². The van der Waals surface area contributed by atoms with Crippen LogP contribution in [-0.2, 0) is 9.53 Å². The maximum Gasteiger partial charge on any atom is 0.325 e. The molecule has 1 rings (SSSR count). The minimum atomic E-state index is -0.596. The first-order valence-electron chi connectivity index (χ1n) is 8.09. The first-order valence-corrected chi connectivity index (χ1v) is 8.09. The van der Waals surface area contributed by atoms with Gasteiger partial charge in [0.1, 0.15) is 5.54 Å². The van der Waals surface area contributed by atoms with E-state index in [-0.39, 0.29) is 11.4 Å². The molecule has 21 heavy (non-hydrogen) atoms. The molecule has 0 aliphatic heterocycles. The van der Waals surface area contributed by atoms with Crippen molar-refractivity contribution in [2.45, 2.75) is 84.5 Å². The SMILES string of the molecule is COC(=O)C(C)(CC(C)N(C)C(C)C(C)(C)C)NC1CC1. The molecular weight excluding hydrogens is 264 g/mol. The molecule has 0 aromatic heterocycles. The molecule has 124 valence electrons. The molecule has 0 bridgehead atoms. The minimum Gasteiger partial charge on any atom is -0.468 e. The van der Waals surface area contributed by atoms with Crippen molar-refractivity contribution in [3.8, 4) is 0 Å². The standard InChI is InChI=1S/C17H34N2O2/c1-12(19(7)13(2)16(3,4)5)11-17(6,15(20)21-8)18-14-9-10-14/h12-14,18H,9-11H2,1-8H3. The van der Waals surface area contributed by atoms with Crippen molar-refractivity contribution in [1.29, 1.82) is 0 Å². The average Bonchev–Trinajstić information content (AvgIpc) is 3.18. The Morgan fingerprint density at radius 1 is 1.29 bits per heavy atom. The number of carbonyl (C=O) groups is 1. The summed E-state index contributed by atoms with van der Waals surface area (Å²) in [6, 6.07) is 1.22. The smallest absolute Gasteiger partial charge is 0.325 e. The van der Waals surface area contributed by atoms with Crippen LogP contribution in [0.2, 0.25) is 0 Å². The molecule has 0 heterocycles. The van der Waals surface area contributed by atoms with Crippen molar-refractivity contribution in [1.82, 2.24) is 10.2 Å². The van der Waals surface area contributed by atoms with Crippen LogP contribution in [0.4, 0.5) is 0 Å². The lowest BCUT2D eigenvalue weighted by Crippen LogP contribution is -2.56. The molecule has 0 aromatic rings. The van der Waals surface area contributed by atoms with E-state index in [1.807, 2.05) is 6.92 Å². The molecule has 4 heteroatoms. The maximum absolute atomic E-state index is 12.2. The van der Waals surface area contributed by atoms with Crippen LogP contribution in [0.25, 0.3) is 0 Å². The Kier molecular flexibility index (Phi) is 5.84. The van der Waals surface area contributed by atoms with Crippen LogP contribution in [0.1, 0.15) is 60.8 Å². The van der Waals surface area contributed by atoms with Gasteiger partial charge < -0.3 is 9.64 Å². The van der Waals surface area contributed by atoms with E-state index in [9.17, 15) is 4.79 Å². The summed E-state index contributed by atoms with van der Waals surface area (Å²) in [7, 11) is 3.62. The lowest BCUT2D eigenvalue weighted by Gasteiger charge is -2.41. The lowest BCUT2D eigenvalue weighted by molar-refractivity contribution is -0.149. The van der Waals surface area contributed by atoms with Gasteiger partial charge in [-0.2, -0.15) is 0 Å². The molecule has 0 amide bonds. The van der Waals surface area contributed by atoms with E-state index < -0.39 is 5.54 Å². The van der Waals surface area contributed by atoms with E-state index in [2.05, 4.69) is 51.9 Å². The van der Waals surface area contributed by atoms with E-state index >= 15 is 0 Å². The molecule has 1 aliphatic carbocycles. The zero-order valence-electron chi connectivity index (χ0n) is 15.1. The highest BCUT2D eigenvalue weighted by atomic mass is 16.5. The van der Waals surface area contributed by atoms with Gasteiger partial charge >= 0.3 is 5.97 Å². The summed E-state index contributed by atoms with van der Waals surface area (Å²) in [4.78, 5) is 14.6. The largest absolute Gasteiger partial charge is 0.468 e. The molecule has 0 saturated heterocycles. The monoisotopic (exact) mass is 298 g/mol. The molecule has 3 atom stereocenters. The first kappa shape index (κ1) is 18.4. The predicted molar refractivity (Wildman–Crippen MR) is 87.3 cm³/mol. The van der Waals surface area contributed by atoms with E-state index in [1.165, 1.54) is 7.11 Å². The van der Waals surface area contributed by atoms with Gasteiger partial charge in [0, 0.05) is 18.1 Å². The van der Waals surface area contributed by atoms with Gasteiger partial charge in [-0.1, -0.05) is 20.8 Å². The molecule has 0 radical (unpaired) electrons. The fraction of sp³-hybridized carbons (Fsp3) is 0.941. The number of methoxy groups -OCH3 is 1. The summed E-state index contributed by atoms with van der Waals surface area (Å²) >= 11 is 0. The molecule has 0 aromatic carbocycles. The number of ether oxygens (including phenoxy) is 1. The van der Waals surface area contributed by atoms with Crippen LogP contribution in [-0.4, -0.2) is 48.7 Å². The molecule has 1 N–H and O–H groups in total. The third kappa shape index (κ3) is 4.96. The Morgan fingerprint density at radius 3 is 2.19 bits per heavy atom. The van der Waals surface area contributed by atoms with Crippen molar-refractivity contribution < 1.29 is 9.53 Å².